The molecule has 0 bridgehead atoms. The molecule has 1 fully saturated rings. The van der Waals surface area contributed by atoms with Crippen LogP contribution in [0.25, 0.3) is 0 Å². The summed E-state index contributed by atoms with van der Waals surface area (Å²) in [5.74, 6) is 1.06. The van der Waals surface area contributed by atoms with Crippen LogP contribution in [-0.2, 0) is 11.3 Å². The van der Waals surface area contributed by atoms with Gasteiger partial charge in [-0.3, -0.25) is 4.79 Å². The zero-order valence-corrected chi connectivity index (χ0v) is 13.1. The lowest BCUT2D eigenvalue weighted by molar-refractivity contribution is -0.119. The van der Waals surface area contributed by atoms with Gasteiger partial charge in [-0.15, -0.1) is 11.8 Å². The minimum atomic E-state index is 0.0825. The summed E-state index contributed by atoms with van der Waals surface area (Å²) in [5.41, 5.74) is 0. The molecule has 1 aliphatic rings. The van der Waals surface area contributed by atoms with Crippen molar-refractivity contribution in [3.63, 3.8) is 0 Å². The van der Waals surface area contributed by atoms with Gasteiger partial charge in [-0.1, -0.05) is 26.7 Å². The topological polar surface area (TPSA) is 59.8 Å². The fourth-order valence-corrected chi connectivity index (χ4v) is 3.57. The number of carbonyl (C=O) groups is 1. The zero-order valence-electron chi connectivity index (χ0n) is 12.3. The molecule has 0 unspecified atom stereocenters. The van der Waals surface area contributed by atoms with E-state index < -0.39 is 0 Å². The zero-order chi connectivity index (χ0) is 14.4. The molecule has 1 N–H and O–H groups in total. The first-order chi connectivity index (χ1) is 9.65. The number of hydrogen-bond donors (Lipinski definition) is 1. The number of amides is 1. The van der Waals surface area contributed by atoms with Crippen molar-refractivity contribution in [2.45, 2.75) is 57.4 Å². The van der Waals surface area contributed by atoms with Crippen molar-refractivity contribution in [1.82, 2.24) is 20.3 Å². The molecule has 1 amide bonds. The molecule has 1 aromatic heterocycles. The van der Waals surface area contributed by atoms with Gasteiger partial charge in [0.25, 0.3) is 0 Å². The number of rotatable bonds is 7. The molecule has 0 aliphatic heterocycles. The maximum Gasteiger partial charge on any atom is 0.230 e. The first kappa shape index (κ1) is 15.4. The van der Waals surface area contributed by atoms with Gasteiger partial charge in [-0.05, 0) is 18.8 Å². The third-order valence-corrected chi connectivity index (χ3v) is 5.10. The molecule has 0 radical (unpaired) electrons. The Hall–Kier alpha value is -1.04. The molecule has 2 rings (SSSR count). The number of hydrogen-bond acceptors (Lipinski definition) is 4. The van der Waals surface area contributed by atoms with Gasteiger partial charge >= 0.3 is 0 Å². The Kier molecular flexibility index (Phi) is 5.88. The first-order valence-corrected chi connectivity index (χ1v) is 8.45. The van der Waals surface area contributed by atoms with Crippen LogP contribution in [0.3, 0.4) is 0 Å². The largest absolute Gasteiger partial charge is 0.350 e. The summed E-state index contributed by atoms with van der Waals surface area (Å²) in [6, 6.07) is 0.0825. The van der Waals surface area contributed by atoms with Gasteiger partial charge in [-0.25, -0.2) is 0 Å². The molecule has 1 saturated carbocycles. The highest BCUT2D eigenvalue weighted by atomic mass is 32.2. The van der Waals surface area contributed by atoms with E-state index in [1.54, 1.807) is 29.0 Å². The average molecular weight is 296 g/mol. The Morgan fingerprint density at radius 2 is 2.00 bits per heavy atom. The standard InChI is InChI=1S/C14H24N4OS/c1-11(2)13(9-18-15-7-8-16-18)17-14(19)10-20-12-5-3-4-6-12/h7-8,11-13H,3-6,9-10H2,1-2H3,(H,17,19)/t13-/m0/s1. The van der Waals surface area contributed by atoms with Crippen LogP contribution in [0.5, 0.6) is 0 Å². The van der Waals surface area contributed by atoms with E-state index in [9.17, 15) is 4.79 Å². The van der Waals surface area contributed by atoms with Crippen LogP contribution in [0.4, 0.5) is 0 Å². The fraction of sp³-hybridized carbons (Fsp3) is 0.786. The van der Waals surface area contributed by atoms with Crippen LogP contribution >= 0.6 is 11.8 Å². The number of nitrogens with zero attached hydrogens (tertiary/aromatic N) is 3. The lowest BCUT2D eigenvalue weighted by atomic mass is 10.0. The third kappa shape index (κ3) is 4.81. The van der Waals surface area contributed by atoms with E-state index >= 15 is 0 Å². The van der Waals surface area contributed by atoms with Crippen LogP contribution in [0.1, 0.15) is 39.5 Å². The Bertz CT molecular complexity index is 401. The molecule has 1 atom stereocenters. The molecule has 20 heavy (non-hydrogen) atoms. The van der Waals surface area contributed by atoms with E-state index in [-0.39, 0.29) is 11.9 Å². The smallest absolute Gasteiger partial charge is 0.230 e. The molecule has 0 saturated heterocycles. The van der Waals surface area contributed by atoms with Crippen molar-refractivity contribution in [1.29, 1.82) is 0 Å². The number of nitrogens with one attached hydrogen (secondary N) is 1. The summed E-state index contributed by atoms with van der Waals surface area (Å²) < 4.78 is 0. The molecule has 0 spiro atoms. The third-order valence-electron chi connectivity index (χ3n) is 3.73. The summed E-state index contributed by atoms with van der Waals surface area (Å²) in [6.07, 6.45) is 8.49. The highest BCUT2D eigenvalue weighted by Crippen LogP contribution is 2.29. The molecule has 0 aromatic carbocycles. The van der Waals surface area contributed by atoms with Crippen molar-refractivity contribution in [3.05, 3.63) is 12.4 Å². The lowest BCUT2D eigenvalue weighted by Crippen LogP contribution is -2.43. The van der Waals surface area contributed by atoms with Crippen molar-refractivity contribution < 1.29 is 4.79 Å². The van der Waals surface area contributed by atoms with Crippen molar-refractivity contribution in [2.24, 2.45) is 5.92 Å². The van der Waals surface area contributed by atoms with E-state index in [0.29, 0.717) is 23.5 Å². The minimum absolute atomic E-state index is 0.0825. The highest BCUT2D eigenvalue weighted by molar-refractivity contribution is 8.00. The van der Waals surface area contributed by atoms with Gasteiger partial charge in [0, 0.05) is 5.25 Å². The van der Waals surface area contributed by atoms with Gasteiger partial charge in [0.05, 0.1) is 30.7 Å². The second-order valence-corrected chi connectivity index (χ2v) is 7.01. The monoisotopic (exact) mass is 296 g/mol. The molecular formula is C14H24N4OS. The average Bonchev–Trinajstić information content (AvgIpc) is 3.08. The maximum atomic E-state index is 12.1. The molecule has 1 heterocycles. The molecule has 5 nitrogen and oxygen atoms in total. The van der Waals surface area contributed by atoms with Crippen LogP contribution < -0.4 is 5.32 Å². The summed E-state index contributed by atoms with van der Waals surface area (Å²) >= 11 is 1.80. The highest BCUT2D eigenvalue weighted by Gasteiger charge is 2.20. The van der Waals surface area contributed by atoms with Crippen LogP contribution in [-0.4, -0.2) is 37.9 Å². The molecule has 1 aromatic rings. The predicted molar refractivity (Wildman–Crippen MR) is 81.5 cm³/mol. The second-order valence-electron chi connectivity index (χ2n) is 5.72. The van der Waals surface area contributed by atoms with Gasteiger partial charge in [-0.2, -0.15) is 15.0 Å². The Labute approximate surface area is 124 Å². The van der Waals surface area contributed by atoms with Crippen molar-refractivity contribution in [2.75, 3.05) is 5.75 Å². The summed E-state index contributed by atoms with van der Waals surface area (Å²) in [7, 11) is 0. The van der Waals surface area contributed by atoms with Crippen molar-refractivity contribution >= 4 is 17.7 Å². The van der Waals surface area contributed by atoms with E-state index in [1.807, 2.05) is 0 Å². The van der Waals surface area contributed by atoms with Gasteiger partial charge < -0.3 is 5.32 Å². The molecular weight excluding hydrogens is 272 g/mol. The SMILES string of the molecule is CC(C)[C@H](Cn1nccn1)NC(=O)CSC1CCCC1. The van der Waals surface area contributed by atoms with Crippen molar-refractivity contribution in [3.8, 4) is 0 Å². The first-order valence-electron chi connectivity index (χ1n) is 7.40. The van der Waals surface area contributed by atoms with E-state index in [1.165, 1.54) is 25.7 Å². The van der Waals surface area contributed by atoms with E-state index in [4.69, 9.17) is 0 Å². The second kappa shape index (κ2) is 7.67. The molecule has 6 heteroatoms. The quantitative estimate of drug-likeness (QED) is 0.837. The minimum Gasteiger partial charge on any atom is -0.350 e. The Morgan fingerprint density at radius 1 is 1.35 bits per heavy atom. The molecule has 1 aliphatic carbocycles. The summed E-state index contributed by atoms with van der Waals surface area (Å²) in [4.78, 5) is 13.7. The maximum absolute atomic E-state index is 12.1. The van der Waals surface area contributed by atoms with Gasteiger partial charge in [0.2, 0.25) is 5.91 Å². The fourth-order valence-electron chi connectivity index (χ4n) is 2.43. The van der Waals surface area contributed by atoms with E-state index in [2.05, 4.69) is 29.4 Å². The number of thioether (sulfide) groups is 1. The van der Waals surface area contributed by atoms with Crippen LogP contribution in [0, 0.1) is 5.92 Å². The summed E-state index contributed by atoms with van der Waals surface area (Å²) in [5, 5.41) is 12.0. The van der Waals surface area contributed by atoms with E-state index in [0.717, 1.165) is 0 Å². The summed E-state index contributed by atoms with van der Waals surface area (Å²) in [6.45, 7) is 4.85. The van der Waals surface area contributed by atoms with Crippen LogP contribution in [0.15, 0.2) is 12.4 Å². The van der Waals surface area contributed by atoms with Gasteiger partial charge in [0.15, 0.2) is 0 Å². The number of aromatic nitrogens is 3. The Balaban J connectivity index is 1.76. The number of carbonyl (C=O) groups excluding carboxylic acids is 1. The lowest BCUT2D eigenvalue weighted by Gasteiger charge is -2.22. The normalized spacial score (nSPS) is 17.6. The van der Waals surface area contributed by atoms with Crippen LogP contribution in [0.2, 0.25) is 0 Å². The molecule has 112 valence electrons. The van der Waals surface area contributed by atoms with Gasteiger partial charge in [0.1, 0.15) is 0 Å². The predicted octanol–water partition coefficient (Wildman–Crippen LogP) is 2.09. The Morgan fingerprint density at radius 3 is 2.60 bits per heavy atom.